The first-order valence-corrected chi connectivity index (χ1v) is 9.35. The second kappa shape index (κ2) is 7.60. The van der Waals surface area contributed by atoms with E-state index in [9.17, 15) is 4.79 Å². The summed E-state index contributed by atoms with van der Waals surface area (Å²) in [5.74, 6) is 0.0264. The number of nitrogens with one attached hydrogen (secondary N) is 1. The minimum absolute atomic E-state index is 0.0264. The molecular formula is C20H25N3O3. The molecule has 0 bridgehead atoms. The van der Waals surface area contributed by atoms with Crippen LogP contribution in [0.2, 0.25) is 0 Å². The van der Waals surface area contributed by atoms with Crippen LogP contribution >= 0.6 is 0 Å². The number of hydrogen-bond donors (Lipinski definition) is 1. The molecule has 2 aliphatic rings. The number of hydrogen-bond acceptors (Lipinski definition) is 4. The molecule has 2 aliphatic heterocycles. The van der Waals surface area contributed by atoms with Gasteiger partial charge in [-0.05, 0) is 31.2 Å². The zero-order valence-electron chi connectivity index (χ0n) is 14.9. The Labute approximate surface area is 153 Å². The van der Waals surface area contributed by atoms with Gasteiger partial charge >= 0.3 is 0 Å². The Morgan fingerprint density at radius 3 is 2.50 bits per heavy atom. The minimum Gasteiger partial charge on any atom is -0.381 e. The Hall–Kier alpha value is -2.18. The van der Waals surface area contributed by atoms with Crippen LogP contribution in [0.15, 0.2) is 42.7 Å². The first kappa shape index (κ1) is 17.2. The summed E-state index contributed by atoms with van der Waals surface area (Å²) in [6, 6.07) is 10.4. The van der Waals surface area contributed by atoms with Crippen molar-refractivity contribution in [3.8, 4) is 0 Å². The van der Waals surface area contributed by atoms with Gasteiger partial charge in [0.15, 0.2) is 0 Å². The maximum absolute atomic E-state index is 13.3. The maximum Gasteiger partial charge on any atom is 0.235 e. The minimum atomic E-state index is -0.541. The average molecular weight is 355 g/mol. The number of benzene rings is 1. The van der Waals surface area contributed by atoms with Gasteiger partial charge in [0.1, 0.15) is 0 Å². The number of nitrogens with zero attached hydrogens (tertiary/aromatic N) is 2. The largest absolute Gasteiger partial charge is 0.381 e. The lowest BCUT2D eigenvalue weighted by atomic mass is 9.73. The van der Waals surface area contributed by atoms with Crippen molar-refractivity contribution in [2.24, 2.45) is 0 Å². The fourth-order valence-corrected chi connectivity index (χ4v) is 3.93. The lowest BCUT2D eigenvalue weighted by Crippen LogP contribution is -2.44. The predicted molar refractivity (Wildman–Crippen MR) is 98.1 cm³/mol. The zero-order chi connectivity index (χ0) is 17.8. The number of aromatic nitrogens is 2. The molecular weight excluding hydrogens is 330 g/mol. The van der Waals surface area contributed by atoms with E-state index in [0.29, 0.717) is 32.1 Å². The Morgan fingerprint density at radius 2 is 1.77 bits per heavy atom. The van der Waals surface area contributed by atoms with Gasteiger partial charge < -0.3 is 14.8 Å². The van der Waals surface area contributed by atoms with Crippen LogP contribution in [0.4, 0.5) is 5.69 Å². The van der Waals surface area contributed by atoms with Crippen LogP contribution in [-0.4, -0.2) is 42.1 Å². The highest BCUT2D eigenvalue weighted by molar-refractivity contribution is 5.99. The van der Waals surface area contributed by atoms with Gasteiger partial charge in [0, 0.05) is 32.6 Å². The van der Waals surface area contributed by atoms with E-state index in [1.807, 2.05) is 41.2 Å². The molecule has 6 heteroatoms. The van der Waals surface area contributed by atoms with Crippen LogP contribution in [0.3, 0.4) is 0 Å². The molecule has 6 nitrogen and oxygen atoms in total. The highest BCUT2D eigenvalue weighted by atomic mass is 16.5. The summed E-state index contributed by atoms with van der Waals surface area (Å²) in [4.78, 5) is 13.3. The molecule has 0 unspecified atom stereocenters. The lowest BCUT2D eigenvalue weighted by molar-refractivity contribution is -0.125. The molecule has 2 aromatic rings. The maximum atomic E-state index is 13.3. The van der Waals surface area contributed by atoms with Crippen LogP contribution in [0.25, 0.3) is 0 Å². The summed E-state index contributed by atoms with van der Waals surface area (Å²) in [5.41, 5.74) is 1.27. The first-order chi connectivity index (χ1) is 12.8. The Bertz CT molecular complexity index is 732. The Kier molecular flexibility index (Phi) is 5.04. The summed E-state index contributed by atoms with van der Waals surface area (Å²) < 4.78 is 12.9. The number of anilines is 1. The van der Waals surface area contributed by atoms with E-state index in [2.05, 4.69) is 10.4 Å². The normalized spacial score (nSPS) is 20.6. The summed E-state index contributed by atoms with van der Waals surface area (Å²) in [6.07, 6.45) is 6.98. The Balaban J connectivity index is 1.53. The van der Waals surface area contributed by atoms with Crippen molar-refractivity contribution in [3.05, 3.63) is 48.3 Å². The number of amides is 1. The smallest absolute Gasteiger partial charge is 0.235 e. The van der Waals surface area contributed by atoms with Gasteiger partial charge in [0.25, 0.3) is 0 Å². The van der Waals surface area contributed by atoms with Crippen molar-refractivity contribution in [2.75, 3.05) is 31.7 Å². The third-order valence-corrected chi connectivity index (χ3v) is 5.53. The third-order valence-electron chi connectivity index (χ3n) is 5.53. The fourth-order valence-electron chi connectivity index (χ4n) is 3.93. The van der Waals surface area contributed by atoms with Crippen molar-refractivity contribution in [2.45, 2.75) is 37.1 Å². The molecule has 2 fully saturated rings. The van der Waals surface area contributed by atoms with Gasteiger partial charge in [0.05, 0.1) is 23.3 Å². The predicted octanol–water partition coefficient (Wildman–Crippen LogP) is 2.92. The molecule has 0 radical (unpaired) electrons. The van der Waals surface area contributed by atoms with Crippen molar-refractivity contribution < 1.29 is 14.3 Å². The molecule has 1 aromatic heterocycles. The number of carbonyl (C=O) groups excluding carboxylic acids is 1. The summed E-state index contributed by atoms with van der Waals surface area (Å²) >= 11 is 0. The molecule has 2 saturated heterocycles. The molecule has 1 aromatic carbocycles. The molecule has 138 valence electrons. The van der Waals surface area contributed by atoms with Crippen molar-refractivity contribution >= 4 is 11.6 Å². The Morgan fingerprint density at radius 1 is 1.08 bits per heavy atom. The summed E-state index contributed by atoms with van der Waals surface area (Å²) in [6.45, 7) is 2.74. The van der Waals surface area contributed by atoms with E-state index in [-0.39, 0.29) is 5.91 Å². The summed E-state index contributed by atoms with van der Waals surface area (Å²) in [7, 11) is 0. The molecule has 4 rings (SSSR count). The standard InChI is InChI=1S/C20H25N3O3/c24-19(20(8-12-26-13-9-20)16-4-2-1-3-5-16)22-17-14-21-23(15-17)18-6-10-25-11-7-18/h1-5,14-15,18H,6-13H2,(H,22,24). The highest BCUT2D eigenvalue weighted by Crippen LogP contribution is 2.36. The van der Waals surface area contributed by atoms with Crippen LogP contribution in [0, 0.1) is 0 Å². The second-order valence-electron chi connectivity index (χ2n) is 7.07. The average Bonchev–Trinajstić information content (AvgIpc) is 3.18. The molecule has 3 heterocycles. The monoisotopic (exact) mass is 355 g/mol. The second-order valence-corrected chi connectivity index (χ2v) is 7.07. The van der Waals surface area contributed by atoms with Gasteiger partial charge in [0.2, 0.25) is 5.91 Å². The van der Waals surface area contributed by atoms with Gasteiger partial charge in [-0.25, -0.2) is 0 Å². The molecule has 0 atom stereocenters. The van der Waals surface area contributed by atoms with E-state index in [4.69, 9.17) is 9.47 Å². The van der Waals surface area contributed by atoms with Crippen LogP contribution in [0.5, 0.6) is 0 Å². The van der Waals surface area contributed by atoms with E-state index >= 15 is 0 Å². The lowest BCUT2D eigenvalue weighted by Gasteiger charge is -2.36. The van der Waals surface area contributed by atoms with Crippen LogP contribution in [-0.2, 0) is 19.7 Å². The quantitative estimate of drug-likeness (QED) is 0.916. The molecule has 1 amide bonds. The summed E-state index contributed by atoms with van der Waals surface area (Å²) in [5, 5.41) is 7.56. The van der Waals surface area contributed by atoms with Crippen molar-refractivity contribution in [1.82, 2.24) is 9.78 Å². The van der Waals surface area contributed by atoms with Crippen molar-refractivity contribution in [3.63, 3.8) is 0 Å². The number of carbonyl (C=O) groups is 1. The van der Waals surface area contributed by atoms with E-state index < -0.39 is 5.41 Å². The first-order valence-electron chi connectivity index (χ1n) is 9.35. The molecule has 0 saturated carbocycles. The highest BCUT2D eigenvalue weighted by Gasteiger charge is 2.41. The topological polar surface area (TPSA) is 65.4 Å². The molecule has 0 spiro atoms. The van der Waals surface area contributed by atoms with Gasteiger partial charge in [-0.15, -0.1) is 0 Å². The van der Waals surface area contributed by atoms with Crippen LogP contribution in [0.1, 0.15) is 37.3 Å². The third kappa shape index (κ3) is 3.39. The fraction of sp³-hybridized carbons (Fsp3) is 0.500. The van der Waals surface area contributed by atoms with Crippen LogP contribution < -0.4 is 5.32 Å². The molecule has 26 heavy (non-hydrogen) atoms. The number of rotatable bonds is 4. The van der Waals surface area contributed by atoms with E-state index in [0.717, 1.165) is 37.3 Å². The molecule has 1 N–H and O–H groups in total. The zero-order valence-corrected chi connectivity index (χ0v) is 14.9. The van der Waals surface area contributed by atoms with Gasteiger partial charge in [-0.1, -0.05) is 30.3 Å². The van der Waals surface area contributed by atoms with E-state index in [1.54, 1.807) is 6.20 Å². The SMILES string of the molecule is O=C(Nc1cnn(C2CCOCC2)c1)C1(c2ccccc2)CCOCC1. The van der Waals surface area contributed by atoms with Gasteiger partial charge in [-0.3, -0.25) is 9.48 Å². The van der Waals surface area contributed by atoms with Gasteiger partial charge in [-0.2, -0.15) is 5.10 Å². The van der Waals surface area contributed by atoms with Crippen molar-refractivity contribution in [1.29, 1.82) is 0 Å². The van der Waals surface area contributed by atoms with E-state index in [1.165, 1.54) is 0 Å². The molecule has 0 aliphatic carbocycles. The number of ether oxygens (including phenoxy) is 2.